The van der Waals surface area contributed by atoms with Gasteiger partial charge in [0.25, 0.3) is 5.69 Å². The van der Waals surface area contributed by atoms with Gasteiger partial charge in [-0.05, 0) is 18.6 Å². The summed E-state index contributed by atoms with van der Waals surface area (Å²) in [7, 11) is 0. The van der Waals surface area contributed by atoms with Crippen LogP contribution in [0.3, 0.4) is 0 Å². The Labute approximate surface area is 74.9 Å². The molecule has 0 heterocycles. The molecule has 1 aromatic carbocycles. The van der Waals surface area contributed by atoms with Gasteiger partial charge in [-0.2, -0.15) is 0 Å². The molecular formula is C7H9ClN2O2. The van der Waals surface area contributed by atoms with Crippen molar-refractivity contribution in [2.75, 3.05) is 0 Å². The second-order valence-electron chi connectivity index (χ2n) is 2.21. The van der Waals surface area contributed by atoms with Gasteiger partial charge in [0.2, 0.25) is 0 Å². The van der Waals surface area contributed by atoms with Crippen LogP contribution in [0.5, 0.6) is 0 Å². The number of hydrogen-bond acceptors (Lipinski definition) is 3. The Morgan fingerprint density at radius 2 is 2.08 bits per heavy atom. The molecule has 0 unspecified atom stereocenters. The van der Waals surface area contributed by atoms with Crippen molar-refractivity contribution in [2.24, 2.45) is 0 Å². The number of halogens is 1. The Morgan fingerprint density at radius 3 is 2.50 bits per heavy atom. The molecule has 0 aliphatic rings. The maximum Gasteiger partial charge on any atom is 0.288 e. The van der Waals surface area contributed by atoms with Crippen molar-refractivity contribution in [1.82, 2.24) is 6.15 Å². The predicted octanol–water partition coefficient (Wildman–Crippen LogP) is 2.72. The minimum absolute atomic E-state index is 0. The standard InChI is InChI=1S/C7H6ClNO2.H3N/c1-5-2-3-6(8)7(4-5)9(10)11;/h2-4H,1H3;1H3. The van der Waals surface area contributed by atoms with Crippen molar-refractivity contribution in [3.63, 3.8) is 0 Å². The highest BCUT2D eigenvalue weighted by molar-refractivity contribution is 6.32. The largest absolute Gasteiger partial charge is 0.344 e. The third kappa shape index (κ3) is 2.18. The van der Waals surface area contributed by atoms with Crippen LogP contribution in [0, 0.1) is 17.0 Å². The first-order valence-corrected chi connectivity index (χ1v) is 3.39. The fourth-order valence-electron chi connectivity index (χ4n) is 0.763. The molecule has 0 aliphatic carbocycles. The van der Waals surface area contributed by atoms with E-state index in [0.717, 1.165) is 5.56 Å². The van der Waals surface area contributed by atoms with Crippen LogP contribution in [0.4, 0.5) is 5.69 Å². The van der Waals surface area contributed by atoms with E-state index in [4.69, 9.17) is 11.6 Å². The number of nitro groups is 1. The summed E-state index contributed by atoms with van der Waals surface area (Å²) in [4.78, 5) is 9.80. The van der Waals surface area contributed by atoms with Gasteiger partial charge in [-0.25, -0.2) is 0 Å². The van der Waals surface area contributed by atoms with Crippen molar-refractivity contribution in [1.29, 1.82) is 0 Å². The number of nitro benzene ring substituents is 1. The Morgan fingerprint density at radius 1 is 1.50 bits per heavy atom. The molecule has 5 heteroatoms. The first-order valence-electron chi connectivity index (χ1n) is 3.02. The second kappa shape index (κ2) is 4.04. The zero-order valence-electron chi connectivity index (χ0n) is 6.58. The SMILES string of the molecule is Cc1ccc(Cl)c([N+](=O)[O-])c1.N. The summed E-state index contributed by atoms with van der Waals surface area (Å²) in [5.41, 5.74) is 0.799. The fraction of sp³-hybridized carbons (Fsp3) is 0.143. The van der Waals surface area contributed by atoms with Gasteiger partial charge in [0.15, 0.2) is 0 Å². The van der Waals surface area contributed by atoms with E-state index in [1.54, 1.807) is 13.0 Å². The van der Waals surface area contributed by atoms with Crippen LogP contribution in [-0.2, 0) is 0 Å². The van der Waals surface area contributed by atoms with Gasteiger partial charge in [0.1, 0.15) is 5.02 Å². The van der Waals surface area contributed by atoms with Crippen LogP contribution in [0.1, 0.15) is 5.56 Å². The highest BCUT2D eigenvalue weighted by atomic mass is 35.5. The van der Waals surface area contributed by atoms with Gasteiger partial charge >= 0.3 is 0 Å². The van der Waals surface area contributed by atoms with E-state index in [2.05, 4.69) is 0 Å². The van der Waals surface area contributed by atoms with Crippen LogP contribution < -0.4 is 6.15 Å². The van der Waals surface area contributed by atoms with Crippen molar-refractivity contribution in [3.05, 3.63) is 38.9 Å². The van der Waals surface area contributed by atoms with Crippen LogP contribution in [0.15, 0.2) is 18.2 Å². The normalized spacial score (nSPS) is 8.83. The lowest BCUT2D eigenvalue weighted by atomic mass is 10.2. The zero-order chi connectivity index (χ0) is 8.43. The average molecular weight is 189 g/mol. The van der Waals surface area contributed by atoms with Crippen molar-refractivity contribution in [2.45, 2.75) is 6.92 Å². The minimum atomic E-state index is -0.491. The lowest BCUT2D eigenvalue weighted by Gasteiger charge is -1.94. The highest BCUT2D eigenvalue weighted by Crippen LogP contribution is 2.24. The molecule has 1 aromatic rings. The number of nitrogens with zero attached hydrogens (tertiary/aromatic N) is 1. The Kier molecular flexibility index (Phi) is 3.66. The molecule has 0 saturated heterocycles. The molecule has 0 aromatic heterocycles. The lowest BCUT2D eigenvalue weighted by Crippen LogP contribution is -1.89. The van der Waals surface area contributed by atoms with Gasteiger partial charge < -0.3 is 6.15 Å². The maximum absolute atomic E-state index is 10.3. The third-order valence-electron chi connectivity index (χ3n) is 1.30. The minimum Gasteiger partial charge on any atom is -0.344 e. The summed E-state index contributed by atoms with van der Waals surface area (Å²) in [5.74, 6) is 0. The Hall–Kier alpha value is -1.13. The smallest absolute Gasteiger partial charge is 0.288 e. The van der Waals surface area contributed by atoms with E-state index in [1.807, 2.05) is 0 Å². The molecule has 0 bridgehead atoms. The van der Waals surface area contributed by atoms with Crippen molar-refractivity contribution >= 4 is 17.3 Å². The van der Waals surface area contributed by atoms with Crippen LogP contribution in [0.2, 0.25) is 5.02 Å². The summed E-state index contributed by atoms with van der Waals surface area (Å²) >= 11 is 5.55. The molecule has 0 saturated carbocycles. The second-order valence-corrected chi connectivity index (χ2v) is 2.62. The van der Waals surface area contributed by atoms with Gasteiger partial charge in [-0.15, -0.1) is 0 Å². The molecule has 3 N–H and O–H groups in total. The summed E-state index contributed by atoms with van der Waals surface area (Å²) in [6.45, 7) is 1.78. The lowest BCUT2D eigenvalue weighted by molar-refractivity contribution is -0.384. The van der Waals surface area contributed by atoms with Crippen molar-refractivity contribution < 1.29 is 4.92 Å². The molecule has 1 rings (SSSR count). The first-order chi connectivity index (χ1) is 5.11. The van der Waals surface area contributed by atoms with Crippen molar-refractivity contribution in [3.8, 4) is 0 Å². The van der Waals surface area contributed by atoms with Crippen LogP contribution >= 0.6 is 11.6 Å². The van der Waals surface area contributed by atoms with Crippen LogP contribution in [-0.4, -0.2) is 4.92 Å². The molecule has 0 aliphatic heterocycles. The number of benzene rings is 1. The maximum atomic E-state index is 10.3. The van der Waals surface area contributed by atoms with E-state index < -0.39 is 4.92 Å². The van der Waals surface area contributed by atoms with E-state index in [9.17, 15) is 10.1 Å². The fourth-order valence-corrected chi connectivity index (χ4v) is 0.949. The van der Waals surface area contributed by atoms with E-state index in [0.29, 0.717) is 0 Å². The topological polar surface area (TPSA) is 78.1 Å². The molecular weight excluding hydrogens is 180 g/mol. The average Bonchev–Trinajstić information content (AvgIpc) is 1.94. The third-order valence-corrected chi connectivity index (χ3v) is 1.62. The Bertz CT molecular complexity index is 301. The Balaban J connectivity index is 0.00000121. The zero-order valence-corrected chi connectivity index (χ0v) is 7.34. The van der Waals surface area contributed by atoms with E-state index >= 15 is 0 Å². The summed E-state index contributed by atoms with van der Waals surface area (Å²) in [6.07, 6.45) is 0. The molecule has 0 atom stereocenters. The quantitative estimate of drug-likeness (QED) is 0.544. The summed E-state index contributed by atoms with van der Waals surface area (Å²) < 4.78 is 0. The molecule has 0 amide bonds. The summed E-state index contributed by atoms with van der Waals surface area (Å²) in [6, 6.07) is 4.70. The monoisotopic (exact) mass is 188 g/mol. The molecule has 12 heavy (non-hydrogen) atoms. The highest BCUT2D eigenvalue weighted by Gasteiger charge is 2.10. The predicted molar refractivity (Wildman–Crippen MR) is 47.9 cm³/mol. The van der Waals surface area contributed by atoms with Gasteiger partial charge in [0, 0.05) is 6.07 Å². The van der Waals surface area contributed by atoms with E-state index in [1.165, 1.54) is 12.1 Å². The number of rotatable bonds is 1. The van der Waals surface area contributed by atoms with E-state index in [-0.39, 0.29) is 16.9 Å². The molecule has 66 valence electrons. The number of hydrogen-bond donors (Lipinski definition) is 1. The molecule has 0 spiro atoms. The number of aryl methyl sites for hydroxylation is 1. The first kappa shape index (κ1) is 10.9. The molecule has 4 nitrogen and oxygen atoms in total. The molecule has 0 fully saturated rings. The van der Waals surface area contributed by atoms with Gasteiger partial charge in [0.05, 0.1) is 4.92 Å². The molecule has 0 radical (unpaired) electrons. The van der Waals surface area contributed by atoms with Crippen LogP contribution in [0.25, 0.3) is 0 Å². The van der Waals surface area contributed by atoms with Gasteiger partial charge in [-0.3, -0.25) is 10.1 Å². The summed E-state index contributed by atoms with van der Waals surface area (Å²) in [5, 5.41) is 10.5. The van der Waals surface area contributed by atoms with Gasteiger partial charge in [-0.1, -0.05) is 17.7 Å².